The summed E-state index contributed by atoms with van der Waals surface area (Å²) in [6.45, 7) is 5.72. The van der Waals surface area contributed by atoms with Gasteiger partial charge in [0.2, 0.25) is 0 Å². The van der Waals surface area contributed by atoms with E-state index in [-0.39, 0.29) is 0 Å². The third-order valence-electron chi connectivity index (χ3n) is 4.10. The summed E-state index contributed by atoms with van der Waals surface area (Å²) in [4.78, 5) is 29.9. The van der Waals surface area contributed by atoms with Gasteiger partial charge in [-0.15, -0.1) is 0 Å². The standard InChI is InChI=1S/C21H23N3O4/c1-21(2,3)28-20(26)24-17-10-9-13(12-22)11-16(17)23-18(24)14-7-5-6-8-15(14)19(25)27-4/h5-11H,12,22H2,1-4H3. The lowest BCUT2D eigenvalue weighted by Gasteiger charge is -2.20. The molecule has 0 bridgehead atoms. The van der Waals surface area contributed by atoms with Gasteiger partial charge in [-0.2, -0.15) is 0 Å². The molecule has 0 aliphatic carbocycles. The van der Waals surface area contributed by atoms with E-state index in [9.17, 15) is 9.59 Å². The topological polar surface area (TPSA) is 96.4 Å². The molecule has 7 nitrogen and oxygen atoms in total. The van der Waals surface area contributed by atoms with Gasteiger partial charge in [0.05, 0.1) is 23.7 Å². The molecule has 1 heterocycles. The molecule has 0 unspecified atom stereocenters. The third-order valence-corrected chi connectivity index (χ3v) is 4.10. The lowest BCUT2D eigenvalue weighted by atomic mass is 10.1. The van der Waals surface area contributed by atoms with Crippen LogP contribution >= 0.6 is 0 Å². The van der Waals surface area contributed by atoms with Gasteiger partial charge in [-0.05, 0) is 44.5 Å². The quantitative estimate of drug-likeness (QED) is 0.695. The van der Waals surface area contributed by atoms with Gasteiger partial charge in [0, 0.05) is 12.1 Å². The number of rotatable bonds is 3. The predicted octanol–water partition coefficient (Wildman–Crippen LogP) is 3.73. The van der Waals surface area contributed by atoms with Gasteiger partial charge in [0.15, 0.2) is 5.82 Å². The third kappa shape index (κ3) is 3.75. The smallest absolute Gasteiger partial charge is 0.420 e. The van der Waals surface area contributed by atoms with E-state index >= 15 is 0 Å². The number of methoxy groups -OCH3 is 1. The number of nitrogens with two attached hydrogens (primary N) is 1. The van der Waals surface area contributed by atoms with Crippen LogP contribution in [0.15, 0.2) is 42.5 Å². The van der Waals surface area contributed by atoms with Gasteiger partial charge in [0.1, 0.15) is 5.60 Å². The minimum absolute atomic E-state index is 0.305. The van der Waals surface area contributed by atoms with Crippen molar-refractivity contribution in [1.29, 1.82) is 0 Å². The highest BCUT2D eigenvalue weighted by Gasteiger charge is 2.26. The van der Waals surface area contributed by atoms with Crippen molar-refractivity contribution in [1.82, 2.24) is 9.55 Å². The van der Waals surface area contributed by atoms with E-state index in [1.807, 2.05) is 12.1 Å². The van der Waals surface area contributed by atoms with E-state index < -0.39 is 17.7 Å². The van der Waals surface area contributed by atoms with Gasteiger partial charge in [0.25, 0.3) is 0 Å². The predicted molar refractivity (Wildman–Crippen MR) is 106 cm³/mol. The Balaban J connectivity index is 2.29. The molecule has 0 fully saturated rings. The van der Waals surface area contributed by atoms with Crippen LogP contribution in [0, 0.1) is 0 Å². The van der Waals surface area contributed by atoms with Crippen LogP contribution in [0.2, 0.25) is 0 Å². The highest BCUT2D eigenvalue weighted by Crippen LogP contribution is 2.29. The maximum Gasteiger partial charge on any atom is 0.420 e. The van der Waals surface area contributed by atoms with Crippen LogP contribution in [0.4, 0.5) is 4.79 Å². The fourth-order valence-electron chi connectivity index (χ4n) is 2.89. The van der Waals surface area contributed by atoms with Crippen molar-refractivity contribution >= 4 is 23.1 Å². The molecule has 3 aromatic rings. The zero-order valence-electron chi connectivity index (χ0n) is 16.4. The molecule has 3 rings (SSSR count). The SMILES string of the molecule is COC(=O)c1ccccc1-c1nc2cc(CN)ccc2n1C(=O)OC(C)(C)C. The van der Waals surface area contributed by atoms with Crippen molar-refractivity contribution in [3.8, 4) is 11.4 Å². The Morgan fingerprint density at radius 3 is 2.50 bits per heavy atom. The first kappa shape index (κ1) is 19.6. The zero-order valence-corrected chi connectivity index (χ0v) is 16.4. The normalized spacial score (nSPS) is 11.5. The monoisotopic (exact) mass is 381 g/mol. The van der Waals surface area contributed by atoms with Crippen molar-refractivity contribution in [2.24, 2.45) is 5.73 Å². The summed E-state index contributed by atoms with van der Waals surface area (Å²) in [5.74, 6) is -0.208. The summed E-state index contributed by atoms with van der Waals surface area (Å²) in [6.07, 6.45) is -0.579. The Kier molecular flexibility index (Phi) is 5.20. The molecule has 2 N–H and O–H groups in total. The van der Waals surface area contributed by atoms with Gasteiger partial charge in [-0.25, -0.2) is 19.1 Å². The minimum atomic E-state index is -0.690. The highest BCUT2D eigenvalue weighted by atomic mass is 16.6. The van der Waals surface area contributed by atoms with E-state index in [1.165, 1.54) is 11.7 Å². The van der Waals surface area contributed by atoms with Crippen LogP contribution in [0.3, 0.4) is 0 Å². The first-order valence-corrected chi connectivity index (χ1v) is 8.87. The first-order valence-electron chi connectivity index (χ1n) is 8.87. The number of hydrogen-bond donors (Lipinski definition) is 1. The largest absolute Gasteiger partial charge is 0.465 e. The van der Waals surface area contributed by atoms with Crippen LogP contribution in [0.5, 0.6) is 0 Å². The van der Waals surface area contributed by atoms with Crippen LogP contribution < -0.4 is 5.73 Å². The minimum Gasteiger partial charge on any atom is -0.465 e. The van der Waals surface area contributed by atoms with Crippen molar-refractivity contribution in [3.05, 3.63) is 53.6 Å². The van der Waals surface area contributed by atoms with E-state index in [0.29, 0.717) is 34.5 Å². The van der Waals surface area contributed by atoms with Crippen LogP contribution in [-0.2, 0) is 16.0 Å². The van der Waals surface area contributed by atoms with Gasteiger partial charge >= 0.3 is 12.1 Å². The van der Waals surface area contributed by atoms with Crippen LogP contribution in [-0.4, -0.2) is 34.3 Å². The second-order valence-corrected chi connectivity index (χ2v) is 7.32. The number of carbonyl (C=O) groups is 2. The van der Waals surface area contributed by atoms with Crippen molar-refractivity contribution < 1.29 is 19.1 Å². The second kappa shape index (κ2) is 7.44. The number of benzene rings is 2. The highest BCUT2D eigenvalue weighted by molar-refractivity contribution is 5.99. The van der Waals surface area contributed by atoms with Crippen molar-refractivity contribution in [3.63, 3.8) is 0 Å². The lowest BCUT2D eigenvalue weighted by Crippen LogP contribution is -2.27. The van der Waals surface area contributed by atoms with E-state index in [0.717, 1.165) is 5.56 Å². The maximum atomic E-state index is 13.0. The average molecular weight is 381 g/mol. The van der Waals surface area contributed by atoms with Gasteiger partial charge in [-0.3, -0.25) is 0 Å². The molecule has 0 radical (unpaired) electrons. The van der Waals surface area contributed by atoms with Crippen LogP contribution in [0.1, 0.15) is 36.7 Å². The summed E-state index contributed by atoms with van der Waals surface area (Å²) in [5, 5.41) is 0. The molecule has 0 aliphatic heterocycles. The molecule has 0 saturated carbocycles. The second-order valence-electron chi connectivity index (χ2n) is 7.32. The lowest BCUT2D eigenvalue weighted by molar-refractivity contribution is 0.0542. The summed E-state index contributed by atoms with van der Waals surface area (Å²) < 4.78 is 11.8. The molecule has 0 aliphatic rings. The number of hydrogen-bond acceptors (Lipinski definition) is 6. The molecule has 7 heteroatoms. The molecule has 1 aromatic heterocycles. The number of fused-ring (bicyclic) bond motifs is 1. The Hall–Kier alpha value is -3.19. The molecule has 0 saturated heterocycles. The Morgan fingerprint density at radius 2 is 1.86 bits per heavy atom. The van der Waals surface area contributed by atoms with Gasteiger partial charge < -0.3 is 15.2 Å². The van der Waals surface area contributed by atoms with Crippen molar-refractivity contribution in [2.75, 3.05) is 7.11 Å². The van der Waals surface area contributed by atoms with E-state index in [2.05, 4.69) is 4.98 Å². The first-order chi connectivity index (χ1) is 13.2. The Morgan fingerprint density at radius 1 is 1.14 bits per heavy atom. The molecule has 28 heavy (non-hydrogen) atoms. The summed E-state index contributed by atoms with van der Waals surface area (Å²) in [6, 6.07) is 12.3. The van der Waals surface area contributed by atoms with Crippen LogP contribution in [0.25, 0.3) is 22.4 Å². The van der Waals surface area contributed by atoms with Crippen molar-refractivity contribution in [2.45, 2.75) is 32.9 Å². The number of carbonyl (C=O) groups excluding carboxylic acids is 2. The molecule has 0 spiro atoms. The molecule has 0 amide bonds. The Bertz CT molecular complexity index is 1050. The number of ether oxygens (including phenoxy) is 2. The average Bonchev–Trinajstić information content (AvgIpc) is 3.04. The van der Waals surface area contributed by atoms with E-state index in [1.54, 1.807) is 51.1 Å². The summed E-state index contributed by atoms with van der Waals surface area (Å²) in [7, 11) is 1.31. The number of imidazole rings is 1. The van der Waals surface area contributed by atoms with Gasteiger partial charge in [-0.1, -0.05) is 24.3 Å². The maximum absolute atomic E-state index is 13.0. The Labute approximate surface area is 163 Å². The molecular formula is C21H23N3O4. The number of nitrogens with zero attached hydrogens (tertiary/aromatic N) is 2. The fraction of sp³-hybridized carbons (Fsp3) is 0.286. The van der Waals surface area contributed by atoms with E-state index in [4.69, 9.17) is 15.2 Å². The number of aromatic nitrogens is 2. The molecule has 146 valence electrons. The zero-order chi connectivity index (χ0) is 20.5. The number of esters is 1. The molecule has 0 atom stereocenters. The summed E-state index contributed by atoms with van der Waals surface area (Å²) >= 11 is 0. The molecule has 2 aromatic carbocycles. The summed E-state index contributed by atoms with van der Waals surface area (Å²) in [5.41, 5.74) is 7.87. The molecular weight excluding hydrogens is 358 g/mol. The fourth-order valence-corrected chi connectivity index (χ4v) is 2.89.